The van der Waals surface area contributed by atoms with Crippen molar-refractivity contribution >= 4 is 21.6 Å². The second-order valence-corrected chi connectivity index (χ2v) is 9.21. The van der Waals surface area contributed by atoms with E-state index in [0.717, 1.165) is 23.1 Å². The summed E-state index contributed by atoms with van der Waals surface area (Å²) in [5.74, 6) is 0.376. The minimum Gasteiger partial charge on any atom is -0.491 e. The van der Waals surface area contributed by atoms with Gasteiger partial charge in [0.15, 0.2) is 0 Å². The molecule has 2 atom stereocenters. The van der Waals surface area contributed by atoms with E-state index in [1.54, 1.807) is 25.1 Å². The number of nitrogens with zero attached hydrogens (tertiary/aromatic N) is 1. The van der Waals surface area contributed by atoms with Crippen LogP contribution in [0.25, 0.3) is 0 Å². The molecule has 0 bridgehead atoms. The van der Waals surface area contributed by atoms with E-state index in [9.17, 15) is 13.2 Å². The maximum atomic E-state index is 12.9. The summed E-state index contributed by atoms with van der Waals surface area (Å²) in [4.78, 5) is 12.9. The third kappa shape index (κ3) is 6.49. The van der Waals surface area contributed by atoms with Crippen molar-refractivity contribution in [2.75, 3.05) is 17.2 Å². The summed E-state index contributed by atoms with van der Waals surface area (Å²) >= 11 is 0. The lowest BCUT2D eigenvalue weighted by Gasteiger charge is -2.31. The lowest BCUT2D eigenvalue weighted by molar-refractivity contribution is -0.123. The Labute approximate surface area is 173 Å². The van der Waals surface area contributed by atoms with E-state index in [1.165, 1.54) is 4.31 Å². The van der Waals surface area contributed by atoms with Crippen LogP contribution in [0.3, 0.4) is 0 Å². The molecule has 0 aliphatic carbocycles. The fourth-order valence-electron chi connectivity index (χ4n) is 3.06. The highest BCUT2D eigenvalue weighted by Gasteiger charge is 2.32. The SMILES string of the molecule is CCC(C(=O)NC(C)COc1ccc(C)cc1)N(c1cccc(C)c1)S(C)(=O)=O. The Bertz CT molecular complexity index is 926. The first-order valence-corrected chi connectivity index (χ1v) is 11.5. The molecule has 0 aliphatic rings. The summed E-state index contributed by atoms with van der Waals surface area (Å²) in [5.41, 5.74) is 2.55. The van der Waals surface area contributed by atoms with Crippen LogP contribution in [0.4, 0.5) is 5.69 Å². The van der Waals surface area contributed by atoms with Gasteiger partial charge in [-0.25, -0.2) is 8.42 Å². The Hall–Kier alpha value is -2.54. The molecule has 1 N–H and O–H groups in total. The number of benzene rings is 2. The Kier molecular flexibility index (Phi) is 7.67. The van der Waals surface area contributed by atoms with Crippen LogP contribution in [-0.4, -0.2) is 39.3 Å². The zero-order chi connectivity index (χ0) is 21.6. The number of aryl methyl sites for hydroxylation is 2. The van der Waals surface area contributed by atoms with Crippen LogP contribution in [0.1, 0.15) is 31.4 Å². The number of rotatable bonds is 9. The number of anilines is 1. The van der Waals surface area contributed by atoms with Crippen LogP contribution in [0.2, 0.25) is 0 Å². The van der Waals surface area contributed by atoms with Gasteiger partial charge in [-0.1, -0.05) is 36.8 Å². The van der Waals surface area contributed by atoms with Gasteiger partial charge in [0, 0.05) is 0 Å². The number of hydrogen-bond donors (Lipinski definition) is 1. The quantitative estimate of drug-likeness (QED) is 0.677. The van der Waals surface area contributed by atoms with Crippen molar-refractivity contribution in [3.05, 3.63) is 59.7 Å². The molecule has 1 amide bonds. The highest BCUT2D eigenvalue weighted by molar-refractivity contribution is 7.92. The number of sulfonamides is 1. The summed E-state index contributed by atoms with van der Waals surface area (Å²) in [6.45, 7) is 7.80. The predicted octanol–water partition coefficient (Wildman–Crippen LogP) is 3.43. The Morgan fingerprint density at radius 2 is 1.76 bits per heavy atom. The zero-order valence-electron chi connectivity index (χ0n) is 17.7. The lowest BCUT2D eigenvalue weighted by Crippen LogP contribution is -2.52. The molecule has 0 spiro atoms. The molecule has 7 heteroatoms. The van der Waals surface area contributed by atoms with Crippen molar-refractivity contribution in [2.24, 2.45) is 0 Å². The zero-order valence-corrected chi connectivity index (χ0v) is 18.5. The van der Waals surface area contributed by atoms with E-state index in [4.69, 9.17) is 4.74 Å². The number of amides is 1. The summed E-state index contributed by atoms with van der Waals surface area (Å²) in [5, 5.41) is 2.88. The monoisotopic (exact) mass is 418 g/mol. The van der Waals surface area contributed by atoms with Gasteiger partial charge in [-0.15, -0.1) is 0 Å². The Morgan fingerprint density at radius 1 is 1.10 bits per heavy atom. The minimum absolute atomic E-state index is 0.281. The fraction of sp³-hybridized carbons (Fsp3) is 0.409. The smallest absolute Gasteiger partial charge is 0.244 e. The summed E-state index contributed by atoms with van der Waals surface area (Å²) < 4.78 is 31.9. The van der Waals surface area contributed by atoms with Gasteiger partial charge in [0.2, 0.25) is 15.9 Å². The maximum Gasteiger partial charge on any atom is 0.244 e. The number of nitrogens with one attached hydrogen (secondary N) is 1. The highest BCUT2D eigenvalue weighted by Crippen LogP contribution is 2.23. The van der Waals surface area contributed by atoms with Crippen LogP contribution in [0, 0.1) is 13.8 Å². The molecule has 29 heavy (non-hydrogen) atoms. The maximum absolute atomic E-state index is 12.9. The molecular formula is C22H30N2O4S. The van der Waals surface area contributed by atoms with Crippen molar-refractivity contribution in [3.63, 3.8) is 0 Å². The molecule has 6 nitrogen and oxygen atoms in total. The van der Waals surface area contributed by atoms with E-state index < -0.39 is 16.1 Å². The largest absolute Gasteiger partial charge is 0.491 e. The molecule has 0 heterocycles. The van der Waals surface area contributed by atoms with Crippen LogP contribution in [-0.2, 0) is 14.8 Å². The first-order valence-electron chi connectivity index (χ1n) is 9.67. The Balaban J connectivity index is 2.11. The van der Waals surface area contributed by atoms with Gasteiger partial charge in [0.25, 0.3) is 0 Å². The molecular weight excluding hydrogens is 388 g/mol. The second kappa shape index (κ2) is 9.78. The van der Waals surface area contributed by atoms with Gasteiger partial charge >= 0.3 is 0 Å². The lowest BCUT2D eigenvalue weighted by atomic mass is 10.1. The predicted molar refractivity (Wildman–Crippen MR) is 117 cm³/mol. The van der Waals surface area contributed by atoms with E-state index in [0.29, 0.717) is 12.1 Å². The summed E-state index contributed by atoms with van der Waals surface area (Å²) in [7, 11) is -3.64. The Morgan fingerprint density at radius 3 is 2.31 bits per heavy atom. The molecule has 2 unspecified atom stereocenters. The minimum atomic E-state index is -3.64. The molecule has 0 aliphatic heterocycles. The summed E-state index contributed by atoms with van der Waals surface area (Å²) in [6, 6.07) is 13.7. The average molecular weight is 419 g/mol. The standard InChI is InChI=1S/C22H30N2O4S/c1-6-21(24(29(5,26)27)19-9-7-8-17(3)14-19)22(25)23-18(4)15-28-20-12-10-16(2)11-13-20/h7-14,18,21H,6,15H2,1-5H3,(H,23,25). The van der Waals surface area contributed by atoms with Gasteiger partial charge < -0.3 is 10.1 Å². The third-order valence-electron chi connectivity index (χ3n) is 4.50. The molecule has 0 saturated heterocycles. The van der Waals surface area contributed by atoms with E-state index >= 15 is 0 Å². The van der Waals surface area contributed by atoms with Crippen molar-refractivity contribution < 1.29 is 17.9 Å². The molecule has 0 saturated carbocycles. The van der Waals surface area contributed by atoms with Crippen LogP contribution in [0.15, 0.2) is 48.5 Å². The normalized spacial score (nSPS) is 13.4. The van der Waals surface area contributed by atoms with Gasteiger partial charge in [-0.05, 0) is 57.0 Å². The number of hydrogen-bond acceptors (Lipinski definition) is 4. The van der Waals surface area contributed by atoms with Gasteiger partial charge in [0.1, 0.15) is 18.4 Å². The van der Waals surface area contributed by atoms with Gasteiger partial charge in [0.05, 0.1) is 18.0 Å². The first kappa shape index (κ1) is 22.7. The van der Waals surface area contributed by atoms with Gasteiger partial charge in [-0.2, -0.15) is 0 Å². The van der Waals surface area contributed by atoms with Crippen molar-refractivity contribution in [3.8, 4) is 5.75 Å². The fourth-order valence-corrected chi connectivity index (χ4v) is 4.27. The van der Waals surface area contributed by atoms with Gasteiger partial charge in [-0.3, -0.25) is 9.10 Å². The van der Waals surface area contributed by atoms with E-state index in [2.05, 4.69) is 5.32 Å². The van der Waals surface area contributed by atoms with E-state index in [-0.39, 0.29) is 18.6 Å². The van der Waals surface area contributed by atoms with Crippen LogP contribution >= 0.6 is 0 Å². The van der Waals surface area contributed by atoms with E-state index in [1.807, 2.05) is 51.1 Å². The number of carbonyl (C=O) groups excluding carboxylic acids is 1. The number of carbonyl (C=O) groups is 1. The second-order valence-electron chi connectivity index (χ2n) is 7.36. The van der Waals surface area contributed by atoms with Crippen molar-refractivity contribution in [2.45, 2.75) is 46.2 Å². The van der Waals surface area contributed by atoms with Crippen LogP contribution in [0.5, 0.6) is 5.75 Å². The average Bonchev–Trinajstić information content (AvgIpc) is 2.64. The third-order valence-corrected chi connectivity index (χ3v) is 5.68. The molecule has 0 fully saturated rings. The highest BCUT2D eigenvalue weighted by atomic mass is 32.2. The molecule has 0 aromatic heterocycles. The van der Waals surface area contributed by atoms with Crippen molar-refractivity contribution in [1.82, 2.24) is 5.32 Å². The first-order chi connectivity index (χ1) is 13.6. The molecule has 0 radical (unpaired) electrons. The molecule has 2 aromatic carbocycles. The molecule has 2 rings (SSSR count). The number of ether oxygens (including phenoxy) is 1. The summed E-state index contributed by atoms with van der Waals surface area (Å²) in [6.07, 6.45) is 1.47. The topological polar surface area (TPSA) is 75.7 Å². The molecule has 158 valence electrons. The van der Waals surface area contributed by atoms with Crippen molar-refractivity contribution in [1.29, 1.82) is 0 Å². The molecule has 2 aromatic rings. The van der Waals surface area contributed by atoms with Crippen LogP contribution < -0.4 is 14.4 Å².